The van der Waals surface area contributed by atoms with Crippen LogP contribution in [0.2, 0.25) is 0 Å². The number of hydrogen-bond acceptors (Lipinski definition) is 4. The Morgan fingerprint density at radius 1 is 1.24 bits per heavy atom. The summed E-state index contributed by atoms with van der Waals surface area (Å²) in [6.07, 6.45) is 1.97. The third-order valence-electron chi connectivity index (χ3n) is 3.45. The molecule has 8 heteroatoms. The van der Waals surface area contributed by atoms with Crippen molar-refractivity contribution in [2.24, 2.45) is 0 Å². The maximum atomic E-state index is 13.7. The monoisotopic (exact) mass is 319 g/mol. The molecule has 1 fully saturated rings. The van der Waals surface area contributed by atoms with Crippen LogP contribution in [0.5, 0.6) is 0 Å². The highest BCUT2D eigenvalue weighted by molar-refractivity contribution is 7.91. The molecule has 1 N–H and O–H groups in total. The van der Waals surface area contributed by atoms with Crippen molar-refractivity contribution in [2.45, 2.75) is 17.7 Å². The van der Waals surface area contributed by atoms with E-state index in [0.29, 0.717) is 12.1 Å². The Bertz CT molecular complexity index is 654. The van der Waals surface area contributed by atoms with Crippen molar-refractivity contribution >= 4 is 15.8 Å². The van der Waals surface area contributed by atoms with Gasteiger partial charge < -0.3 is 10.0 Å². The van der Waals surface area contributed by atoms with Gasteiger partial charge in [0, 0.05) is 6.54 Å². The molecule has 0 bridgehead atoms. The van der Waals surface area contributed by atoms with Gasteiger partial charge in [-0.2, -0.15) is 0 Å². The number of carboxylic acids is 1. The van der Waals surface area contributed by atoms with E-state index >= 15 is 0 Å². The number of sulfone groups is 1. The van der Waals surface area contributed by atoms with E-state index in [0.717, 1.165) is 25.9 Å². The van der Waals surface area contributed by atoms with Crippen LogP contribution in [0.3, 0.4) is 0 Å². The minimum atomic E-state index is -4.08. The molecule has 21 heavy (non-hydrogen) atoms. The van der Waals surface area contributed by atoms with E-state index in [-0.39, 0.29) is 12.3 Å². The maximum Gasteiger partial charge on any atom is 0.335 e. The maximum absolute atomic E-state index is 13.7. The molecular formula is C13H15F2NO4S. The number of nitrogens with zero attached hydrogens (tertiary/aromatic N) is 1. The van der Waals surface area contributed by atoms with Crippen molar-refractivity contribution in [3.8, 4) is 0 Å². The average Bonchev–Trinajstić information content (AvgIpc) is 2.92. The average molecular weight is 319 g/mol. The molecule has 5 nitrogen and oxygen atoms in total. The molecule has 0 aliphatic carbocycles. The van der Waals surface area contributed by atoms with Crippen molar-refractivity contribution in [2.75, 3.05) is 25.4 Å². The minimum absolute atomic E-state index is 0.223. The molecule has 0 saturated carbocycles. The fourth-order valence-electron chi connectivity index (χ4n) is 2.28. The predicted octanol–water partition coefficient (Wildman–Crippen LogP) is 1.53. The first-order valence-electron chi connectivity index (χ1n) is 6.49. The first kappa shape index (κ1) is 15.8. The molecule has 1 heterocycles. The lowest BCUT2D eigenvalue weighted by molar-refractivity contribution is 0.0696. The smallest absolute Gasteiger partial charge is 0.335 e. The van der Waals surface area contributed by atoms with Crippen molar-refractivity contribution in [3.63, 3.8) is 0 Å². The zero-order chi connectivity index (χ0) is 15.6. The summed E-state index contributed by atoms with van der Waals surface area (Å²) in [5, 5.41) is 8.80. The third-order valence-corrected chi connectivity index (χ3v) is 5.14. The summed E-state index contributed by atoms with van der Waals surface area (Å²) in [6.45, 7) is 1.78. The quantitative estimate of drug-likeness (QED) is 0.891. The first-order valence-corrected chi connectivity index (χ1v) is 8.14. The van der Waals surface area contributed by atoms with E-state index < -0.39 is 37.9 Å². The molecule has 1 aliphatic rings. The van der Waals surface area contributed by atoms with Gasteiger partial charge in [0.15, 0.2) is 21.5 Å². The van der Waals surface area contributed by atoms with Crippen LogP contribution < -0.4 is 0 Å². The topological polar surface area (TPSA) is 74.7 Å². The van der Waals surface area contributed by atoms with E-state index in [9.17, 15) is 22.0 Å². The zero-order valence-electron chi connectivity index (χ0n) is 11.2. The van der Waals surface area contributed by atoms with Crippen LogP contribution in [0.4, 0.5) is 8.78 Å². The Morgan fingerprint density at radius 3 is 2.43 bits per heavy atom. The molecule has 0 aromatic heterocycles. The van der Waals surface area contributed by atoms with Crippen LogP contribution in [0.1, 0.15) is 23.2 Å². The summed E-state index contributed by atoms with van der Waals surface area (Å²) in [7, 11) is -4.08. The second-order valence-electron chi connectivity index (χ2n) is 4.94. The standard InChI is InChI=1S/C13H15F2NO4S/c14-10-7-9(13(17)18)8-11(12(10)15)21(19,20)6-5-16-3-1-2-4-16/h7-8H,1-6H2,(H,17,18). The molecule has 0 amide bonds. The van der Waals surface area contributed by atoms with Gasteiger partial charge in [0.25, 0.3) is 0 Å². The number of carbonyl (C=O) groups is 1. The molecule has 1 aromatic carbocycles. The molecule has 116 valence electrons. The lowest BCUT2D eigenvalue weighted by Gasteiger charge is -2.14. The van der Waals surface area contributed by atoms with Crippen molar-refractivity contribution < 1.29 is 27.1 Å². The molecule has 1 saturated heterocycles. The lowest BCUT2D eigenvalue weighted by Crippen LogP contribution is -2.27. The Labute approximate surface area is 121 Å². The zero-order valence-corrected chi connectivity index (χ0v) is 12.0. The second kappa shape index (κ2) is 6.07. The van der Waals surface area contributed by atoms with Crippen LogP contribution in [0.25, 0.3) is 0 Å². The Balaban J connectivity index is 2.27. The van der Waals surface area contributed by atoms with Gasteiger partial charge in [0.2, 0.25) is 0 Å². The highest BCUT2D eigenvalue weighted by atomic mass is 32.2. The van der Waals surface area contributed by atoms with Gasteiger partial charge >= 0.3 is 5.97 Å². The number of benzene rings is 1. The van der Waals surface area contributed by atoms with Gasteiger partial charge in [-0.1, -0.05) is 0 Å². The van der Waals surface area contributed by atoms with E-state index in [4.69, 9.17) is 5.11 Å². The van der Waals surface area contributed by atoms with Gasteiger partial charge in [-0.05, 0) is 38.1 Å². The predicted molar refractivity (Wildman–Crippen MR) is 71.0 cm³/mol. The van der Waals surface area contributed by atoms with Crippen molar-refractivity contribution in [3.05, 3.63) is 29.3 Å². The summed E-state index contributed by atoms with van der Waals surface area (Å²) in [6, 6.07) is 1.14. The highest BCUT2D eigenvalue weighted by Gasteiger charge is 2.25. The van der Waals surface area contributed by atoms with E-state index in [1.807, 2.05) is 4.90 Å². The van der Waals surface area contributed by atoms with Gasteiger partial charge in [0.1, 0.15) is 4.90 Å². The van der Waals surface area contributed by atoms with Crippen molar-refractivity contribution in [1.29, 1.82) is 0 Å². The number of hydrogen-bond donors (Lipinski definition) is 1. The fraction of sp³-hybridized carbons (Fsp3) is 0.462. The lowest BCUT2D eigenvalue weighted by atomic mass is 10.2. The van der Waals surface area contributed by atoms with Crippen LogP contribution in [-0.2, 0) is 9.84 Å². The minimum Gasteiger partial charge on any atom is -0.478 e. The Kier molecular flexibility index (Phi) is 4.58. The number of likely N-dealkylation sites (tertiary alicyclic amines) is 1. The van der Waals surface area contributed by atoms with Gasteiger partial charge in [-0.15, -0.1) is 0 Å². The fourth-order valence-corrected chi connectivity index (χ4v) is 3.67. The molecule has 1 aliphatic heterocycles. The highest BCUT2D eigenvalue weighted by Crippen LogP contribution is 2.21. The number of halogens is 2. The summed E-state index contributed by atoms with van der Waals surface area (Å²) >= 11 is 0. The normalized spacial score (nSPS) is 16.3. The molecule has 1 aromatic rings. The number of aromatic carboxylic acids is 1. The molecule has 2 rings (SSSR count). The first-order chi connectivity index (χ1) is 9.81. The van der Waals surface area contributed by atoms with Crippen LogP contribution >= 0.6 is 0 Å². The van der Waals surface area contributed by atoms with E-state index in [2.05, 4.69) is 0 Å². The number of carboxylic acid groups (broad SMARTS) is 1. The number of rotatable bonds is 5. The summed E-state index contributed by atoms with van der Waals surface area (Å²) in [5.41, 5.74) is -0.589. The molecule has 0 unspecified atom stereocenters. The van der Waals surface area contributed by atoms with E-state index in [1.165, 1.54) is 0 Å². The molecule has 0 spiro atoms. The molecular weight excluding hydrogens is 304 g/mol. The molecule has 0 atom stereocenters. The summed E-state index contributed by atoms with van der Waals surface area (Å²) < 4.78 is 51.3. The van der Waals surface area contributed by atoms with Crippen LogP contribution in [0.15, 0.2) is 17.0 Å². The van der Waals surface area contributed by atoms with Crippen LogP contribution in [0, 0.1) is 11.6 Å². The van der Waals surface area contributed by atoms with Gasteiger partial charge in [-0.25, -0.2) is 22.0 Å². The SMILES string of the molecule is O=C(O)c1cc(F)c(F)c(S(=O)(=O)CCN2CCCC2)c1. The Hall–Kier alpha value is -1.54. The Morgan fingerprint density at radius 2 is 1.86 bits per heavy atom. The van der Waals surface area contributed by atoms with Crippen LogP contribution in [-0.4, -0.2) is 49.8 Å². The van der Waals surface area contributed by atoms with Gasteiger partial charge in [0.05, 0.1) is 11.3 Å². The summed E-state index contributed by atoms with van der Waals surface area (Å²) in [5.74, 6) is -4.88. The summed E-state index contributed by atoms with van der Waals surface area (Å²) in [4.78, 5) is 11.9. The van der Waals surface area contributed by atoms with Crippen molar-refractivity contribution in [1.82, 2.24) is 4.90 Å². The molecule has 0 radical (unpaired) electrons. The van der Waals surface area contributed by atoms with Gasteiger partial charge in [-0.3, -0.25) is 0 Å². The second-order valence-corrected chi connectivity index (χ2v) is 7.02. The largest absolute Gasteiger partial charge is 0.478 e. The third kappa shape index (κ3) is 3.56. The van der Waals surface area contributed by atoms with E-state index in [1.54, 1.807) is 0 Å².